The number of aromatic nitrogens is 1. The van der Waals surface area contributed by atoms with Crippen molar-refractivity contribution < 1.29 is 9.62 Å². The molecule has 0 fully saturated rings. The molecule has 1 heterocycles. The maximum absolute atomic E-state index is 11.2. The summed E-state index contributed by atoms with van der Waals surface area (Å²) in [5, 5.41) is 11.3. The van der Waals surface area contributed by atoms with Crippen molar-refractivity contribution in [2.45, 2.75) is 0 Å². The second-order valence-electron chi connectivity index (χ2n) is 3.00. The van der Waals surface area contributed by atoms with E-state index in [9.17, 15) is 4.79 Å². The molecule has 2 rings (SSSR count). The van der Waals surface area contributed by atoms with Crippen molar-refractivity contribution in [1.29, 1.82) is 0 Å². The van der Waals surface area contributed by atoms with Crippen LogP contribution in [0.5, 0.6) is 0 Å². The number of fused-ring (bicyclic) bond motifs is 1. The van der Waals surface area contributed by atoms with Crippen molar-refractivity contribution >= 4 is 27.9 Å². The molecule has 78 valence electrons. The molecule has 0 amide bonds. The molecule has 0 saturated heterocycles. The fourth-order valence-electron chi connectivity index (χ4n) is 1.32. The molecule has 0 aliphatic heterocycles. The normalized spacial score (nSPS) is 12.3. The monoisotopic (exact) mass is 226 g/mol. The Bertz CT molecular complexity index is 597. The first-order chi connectivity index (χ1) is 7.13. The van der Waals surface area contributed by atoms with Gasteiger partial charge in [0.05, 0.1) is 5.52 Å². The van der Waals surface area contributed by atoms with E-state index in [0.717, 1.165) is 0 Å². The van der Waals surface area contributed by atoms with E-state index in [0.29, 0.717) is 16.7 Å². The minimum atomic E-state index is -0.445. The summed E-state index contributed by atoms with van der Waals surface area (Å²) in [7, 11) is 1.61. The van der Waals surface area contributed by atoms with Crippen LogP contribution in [0.25, 0.3) is 11.1 Å². The van der Waals surface area contributed by atoms with Gasteiger partial charge in [-0.15, -0.1) is 0 Å². The summed E-state index contributed by atoms with van der Waals surface area (Å²) in [4.78, 5) is 11.2. The van der Waals surface area contributed by atoms with Gasteiger partial charge in [-0.25, -0.2) is 4.79 Å². The number of oxime groups is 1. The van der Waals surface area contributed by atoms with Crippen LogP contribution in [0, 0.1) is 0 Å². The smallest absolute Gasteiger partial charge is 0.410 e. The third-order valence-corrected chi connectivity index (χ3v) is 2.41. The molecule has 5 nitrogen and oxygen atoms in total. The van der Waals surface area contributed by atoms with Crippen LogP contribution in [-0.2, 0) is 7.05 Å². The van der Waals surface area contributed by atoms with Gasteiger partial charge in [-0.3, -0.25) is 4.57 Å². The van der Waals surface area contributed by atoms with E-state index >= 15 is 0 Å². The molecule has 1 aromatic heterocycles. The molecule has 0 aliphatic rings. The summed E-state index contributed by atoms with van der Waals surface area (Å²) in [6.07, 6.45) is 0. The molecule has 0 bridgehead atoms. The maximum atomic E-state index is 11.2. The topological polar surface area (TPSA) is 67.7 Å². The Hall–Kier alpha value is -1.75. The van der Waals surface area contributed by atoms with Crippen LogP contribution >= 0.6 is 11.6 Å². The molecule has 15 heavy (non-hydrogen) atoms. The van der Waals surface area contributed by atoms with Crippen LogP contribution in [0.15, 0.2) is 32.6 Å². The molecular weight excluding hydrogens is 220 g/mol. The van der Waals surface area contributed by atoms with Crippen molar-refractivity contribution in [3.05, 3.63) is 34.3 Å². The molecule has 1 N–H and O–H groups in total. The van der Waals surface area contributed by atoms with Gasteiger partial charge in [-0.1, -0.05) is 16.8 Å². The quantitative estimate of drug-likeness (QED) is 0.455. The Morgan fingerprint density at radius 3 is 3.00 bits per heavy atom. The standard InChI is InChI=1S/C9H7ClN2O3/c1-12-6-3-2-5(8(10)11-14)4-7(6)15-9(12)13/h2-4,14H,1H3/b11-8+. The molecule has 0 atom stereocenters. The predicted octanol–water partition coefficient (Wildman–Crippen LogP) is 1.51. The van der Waals surface area contributed by atoms with Gasteiger partial charge >= 0.3 is 5.76 Å². The van der Waals surface area contributed by atoms with E-state index in [2.05, 4.69) is 5.16 Å². The van der Waals surface area contributed by atoms with Crippen LogP contribution < -0.4 is 5.76 Å². The maximum Gasteiger partial charge on any atom is 0.419 e. The van der Waals surface area contributed by atoms with E-state index in [-0.39, 0.29) is 5.17 Å². The summed E-state index contributed by atoms with van der Waals surface area (Å²) in [6.45, 7) is 0. The highest BCUT2D eigenvalue weighted by Gasteiger charge is 2.08. The lowest BCUT2D eigenvalue weighted by Gasteiger charge is -1.96. The molecule has 0 radical (unpaired) electrons. The fraction of sp³-hybridized carbons (Fsp3) is 0.111. The number of benzene rings is 1. The predicted molar refractivity (Wildman–Crippen MR) is 55.6 cm³/mol. The molecule has 0 unspecified atom stereocenters. The Labute approximate surface area is 89.2 Å². The van der Waals surface area contributed by atoms with Crippen molar-refractivity contribution in [2.24, 2.45) is 12.2 Å². The third-order valence-electron chi connectivity index (χ3n) is 2.12. The zero-order valence-electron chi connectivity index (χ0n) is 7.77. The van der Waals surface area contributed by atoms with Crippen LogP contribution in [0.1, 0.15) is 5.56 Å². The lowest BCUT2D eigenvalue weighted by atomic mass is 10.2. The van der Waals surface area contributed by atoms with Crippen LogP contribution in [0.2, 0.25) is 0 Å². The molecule has 1 aromatic carbocycles. The largest absolute Gasteiger partial charge is 0.419 e. The minimum Gasteiger partial charge on any atom is -0.410 e. The molecule has 0 aliphatic carbocycles. The van der Waals surface area contributed by atoms with Crippen LogP contribution in [-0.4, -0.2) is 14.9 Å². The van der Waals surface area contributed by atoms with E-state index in [1.807, 2.05) is 0 Å². The Balaban J connectivity index is 2.72. The van der Waals surface area contributed by atoms with Gasteiger partial charge in [0.1, 0.15) is 0 Å². The van der Waals surface area contributed by atoms with Gasteiger partial charge < -0.3 is 9.62 Å². The zero-order valence-corrected chi connectivity index (χ0v) is 8.52. The van der Waals surface area contributed by atoms with Crippen molar-refractivity contribution in [1.82, 2.24) is 4.57 Å². The van der Waals surface area contributed by atoms with E-state index in [4.69, 9.17) is 21.2 Å². The molecular formula is C9H7ClN2O3. The highest BCUT2D eigenvalue weighted by atomic mass is 35.5. The highest BCUT2D eigenvalue weighted by Crippen LogP contribution is 2.15. The summed E-state index contributed by atoms with van der Waals surface area (Å²) in [5.41, 5.74) is 1.55. The van der Waals surface area contributed by atoms with Crippen LogP contribution in [0.3, 0.4) is 0 Å². The summed E-state index contributed by atoms with van der Waals surface area (Å²) in [6, 6.07) is 4.85. The van der Waals surface area contributed by atoms with Gasteiger partial charge in [0.25, 0.3) is 0 Å². The van der Waals surface area contributed by atoms with Crippen LogP contribution in [0.4, 0.5) is 0 Å². The first kappa shape index (κ1) is 9.79. The minimum absolute atomic E-state index is 0.0524. The van der Waals surface area contributed by atoms with Crippen molar-refractivity contribution in [2.75, 3.05) is 0 Å². The second-order valence-corrected chi connectivity index (χ2v) is 3.36. The average Bonchev–Trinajstić information content (AvgIpc) is 2.53. The summed E-state index contributed by atoms with van der Waals surface area (Å²) < 4.78 is 6.32. The summed E-state index contributed by atoms with van der Waals surface area (Å²) >= 11 is 5.61. The fourth-order valence-corrected chi connectivity index (χ4v) is 1.44. The Kier molecular flexibility index (Phi) is 2.24. The first-order valence-corrected chi connectivity index (χ1v) is 4.49. The van der Waals surface area contributed by atoms with Gasteiger partial charge in [0.2, 0.25) is 0 Å². The van der Waals surface area contributed by atoms with Gasteiger partial charge in [0.15, 0.2) is 10.8 Å². The third kappa shape index (κ3) is 1.50. The number of oxazole rings is 1. The number of hydrogen-bond donors (Lipinski definition) is 1. The molecule has 0 saturated carbocycles. The molecule has 6 heteroatoms. The average molecular weight is 227 g/mol. The number of nitrogens with zero attached hydrogens (tertiary/aromatic N) is 2. The van der Waals surface area contributed by atoms with Gasteiger partial charge in [0, 0.05) is 12.6 Å². The molecule has 2 aromatic rings. The lowest BCUT2D eigenvalue weighted by Crippen LogP contribution is -2.08. The Morgan fingerprint density at radius 1 is 1.60 bits per heavy atom. The van der Waals surface area contributed by atoms with Gasteiger partial charge in [-0.2, -0.15) is 0 Å². The highest BCUT2D eigenvalue weighted by molar-refractivity contribution is 6.69. The lowest BCUT2D eigenvalue weighted by molar-refractivity contribution is 0.321. The molecule has 0 spiro atoms. The zero-order chi connectivity index (χ0) is 11.0. The van der Waals surface area contributed by atoms with Crippen molar-refractivity contribution in [3.63, 3.8) is 0 Å². The van der Waals surface area contributed by atoms with Gasteiger partial charge in [-0.05, 0) is 18.2 Å². The van der Waals surface area contributed by atoms with Crippen molar-refractivity contribution in [3.8, 4) is 0 Å². The first-order valence-electron chi connectivity index (χ1n) is 4.11. The number of hydrogen-bond acceptors (Lipinski definition) is 4. The number of halogens is 1. The second kappa shape index (κ2) is 3.43. The number of rotatable bonds is 1. The summed E-state index contributed by atoms with van der Waals surface area (Å²) in [5.74, 6) is -0.445. The number of aryl methyl sites for hydroxylation is 1. The van der Waals surface area contributed by atoms with E-state index in [1.54, 1.807) is 25.2 Å². The SMILES string of the molecule is Cn1c(=O)oc2cc(/C(Cl)=N\O)ccc21. The Morgan fingerprint density at radius 2 is 2.33 bits per heavy atom. The van der Waals surface area contributed by atoms with E-state index in [1.165, 1.54) is 4.57 Å². The van der Waals surface area contributed by atoms with E-state index < -0.39 is 5.76 Å².